The second-order valence-corrected chi connectivity index (χ2v) is 8.41. The molecule has 0 aliphatic heterocycles. The van der Waals surface area contributed by atoms with Gasteiger partial charge in [-0.2, -0.15) is 0 Å². The highest BCUT2D eigenvalue weighted by Crippen LogP contribution is 2.27. The summed E-state index contributed by atoms with van der Waals surface area (Å²) in [5, 5.41) is 0. The van der Waals surface area contributed by atoms with Gasteiger partial charge in [-0.05, 0) is 54.6 Å². The lowest BCUT2D eigenvalue weighted by atomic mass is 10.1. The van der Waals surface area contributed by atoms with Gasteiger partial charge >= 0.3 is 0 Å². The van der Waals surface area contributed by atoms with Crippen molar-refractivity contribution in [3.63, 3.8) is 0 Å². The molecule has 156 valence electrons. The SMILES string of the molecule is COc1ccc(-c2cc(-c3ccccc3)nc(NS(=O)(=O)c3ccc(N)cc3)n2)cc1. The second kappa shape index (κ2) is 8.45. The van der Waals surface area contributed by atoms with E-state index in [0.717, 1.165) is 11.1 Å². The number of hydrogen-bond acceptors (Lipinski definition) is 6. The average molecular weight is 433 g/mol. The van der Waals surface area contributed by atoms with E-state index in [1.54, 1.807) is 7.11 Å². The standard InChI is InChI=1S/C23H20N4O3S/c1-30-19-11-7-17(8-12-19)22-15-21(16-5-3-2-4-6-16)25-23(26-22)27-31(28,29)20-13-9-18(24)10-14-20/h2-15H,24H2,1H3,(H,25,26,27). The van der Waals surface area contributed by atoms with Crippen molar-refractivity contribution in [3.05, 3.63) is 84.9 Å². The van der Waals surface area contributed by atoms with Crippen LogP contribution in [0.1, 0.15) is 0 Å². The number of nitrogen functional groups attached to an aromatic ring is 1. The third-order valence-corrected chi connectivity index (χ3v) is 5.94. The highest BCUT2D eigenvalue weighted by Gasteiger charge is 2.17. The molecule has 0 fully saturated rings. The minimum Gasteiger partial charge on any atom is -0.497 e. The molecule has 1 aromatic heterocycles. The van der Waals surface area contributed by atoms with Gasteiger partial charge in [-0.1, -0.05) is 30.3 Å². The Balaban J connectivity index is 1.78. The van der Waals surface area contributed by atoms with Gasteiger partial charge in [-0.25, -0.2) is 23.1 Å². The molecule has 0 aliphatic rings. The van der Waals surface area contributed by atoms with Crippen LogP contribution in [0.25, 0.3) is 22.5 Å². The zero-order chi connectivity index (χ0) is 21.8. The highest BCUT2D eigenvalue weighted by molar-refractivity contribution is 7.92. The quantitative estimate of drug-likeness (QED) is 0.442. The number of rotatable bonds is 6. The first-order chi connectivity index (χ1) is 14.9. The second-order valence-electron chi connectivity index (χ2n) is 6.73. The van der Waals surface area contributed by atoms with Gasteiger partial charge in [0.15, 0.2) is 0 Å². The van der Waals surface area contributed by atoms with E-state index in [-0.39, 0.29) is 10.8 Å². The summed E-state index contributed by atoms with van der Waals surface area (Å²) in [6, 6.07) is 24.6. The molecule has 8 heteroatoms. The summed E-state index contributed by atoms with van der Waals surface area (Å²) in [6.07, 6.45) is 0. The zero-order valence-corrected chi connectivity index (χ0v) is 17.5. The lowest BCUT2D eigenvalue weighted by molar-refractivity contribution is 0.415. The van der Waals surface area contributed by atoms with Gasteiger partial charge < -0.3 is 10.5 Å². The first kappa shape index (κ1) is 20.4. The molecular weight excluding hydrogens is 412 g/mol. The van der Waals surface area contributed by atoms with Crippen LogP contribution in [0.15, 0.2) is 89.8 Å². The summed E-state index contributed by atoms with van der Waals surface area (Å²) < 4.78 is 33.4. The summed E-state index contributed by atoms with van der Waals surface area (Å²) in [4.78, 5) is 8.96. The molecule has 0 radical (unpaired) electrons. The summed E-state index contributed by atoms with van der Waals surface area (Å²) in [5.74, 6) is 0.689. The molecular formula is C23H20N4O3S. The van der Waals surface area contributed by atoms with E-state index in [1.807, 2.05) is 60.7 Å². The van der Waals surface area contributed by atoms with Gasteiger partial charge in [0.05, 0.1) is 23.4 Å². The van der Waals surface area contributed by atoms with Crippen LogP contribution >= 0.6 is 0 Å². The summed E-state index contributed by atoms with van der Waals surface area (Å²) in [6.45, 7) is 0. The van der Waals surface area contributed by atoms with Gasteiger partial charge in [0, 0.05) is 16.8 Å². The molecule has 4 rings (SSSR count). The van der Waals surface area contributed by atoms with Crippen molar-refractivity contribution in [2.75, 3.05) is 17.6 Å². The molecule has 0 saturated carbocycles. The van der Waals surface area contributed by atoms with Crippen molar-refractivity contribution in [2.45, 2.75) is 4.90 Å². The maximum absolute atomic E-state index is 12.8. The molecule has 1 heterocycles. The fraction of sp³-hybridized carbons (Fsp3) is 0.0435. The maximum Gasteiger partial charge on any atom is 0.264 e. The molecule has 0 saturated heterocycles. The van der Waals surface area contributed by atoms with Crippen molar-refractivity contribution in [1.82, 2.24) is 9.97 Å². The number of sulfonamides is 1. The van der Waals surface area contributed by atoms with Gasteiger partial charge in [0.25, 0.3) is 10.0 Å². The molecule has 0 aliphatic carbocycles. The molecule has 0 bridgehead atoms. The van der Waals surface area contributed by atoms with Crippen LogP contribution in [-0.2, 0) is 10.0 Å². The van der Waals surface area contributed by atoms with Crippen LogP contribution in [0.5, 0.6) is 5.75 Å². The minimum atomic E-state index is -3.89. The number of methoxy groups -OCH3 is 1. The van der Waals surface area contributed by atoms with E-state index in [2.05, 4.69) is 14.7 Å². The first-order valence-corrected chi connectivity index (χ1v) is 10.9. The Kier molecular flexibility index (Phi) is 5.55. The Morgan fingerprint density at radius 1 is 0.806 bits per heavy atom. The number of hydrogen-bond donors (Lipinski definition) is 2. The largest absolute Gasteiger partial charge is 0.497 e. The minimum absolute atomic E-state index is 0.0241. The van der Waals surface area contributed by atoms with Crippen LogP contribution in [-0.4, -0.2) is 25.5 Å². The third kappa shape index (κ3) is 4.65. The molecule has 0 spiro atoms. The van der Waals surface area contributed by atoms with Crippen molar-refractivity contribution in [1.29, 1.82) is 0 Å². The van der Waals surface area contributed by atoms with Crippen LogP contribution < -0.4 is 15.2 Å². The van der Waals surface area contributed by atoms with E-state index >= 15 is 0 Å². The molecule has 0 unspecified atom stereocenters. The van der Waals surface area contributed by atoms with Crippen molar-refractivity contribution in [2.24, 2.45) is 0 Å². The first-order valence-electron chi connectivity index (χ1n) is 9.42. The van der Waals surface area contributed by atoms with Crippen molar-refractivity contribution < 1.29 is 13.2 Å². The van der Waals surface area contributed by atoms with Gasteiger partial charge in [0.1, 0.15) is 5.75 Å². The van der Waals surface area contributed by atoms with E-state index in [4.69, 9.17) is 10.5 Å². The van der Waals surface area contributed by atoms with Crippen LogP contribution in [0.2, 0.25) is 0 Å². The Morgan fingerprint density at radius 2 is 1.39 bits per heavy atom. The van der Waals surface area contributed by atoms with Crippen LogP contribution in [0.4, 0.5) is 11.6 Å². The predicted octanol–water partition coefficient (Wildman–Crippen LogP) is 4.20. The normalized spacial score (nSPS) is 11.1. The smallest absolute Gasteiger partial charge is 0.264 e. The molecule has 4 aromatic rings. The van der Waals surface area contributed by atoms with E-state index in [9.17, 15) is 8.42 Å². The molecule has 3 aromatic carbocycles. The number of aromatic nitrogens is 2. The topological polar surface area (TPSA) is 107 Å². The van der Waals surface area contributed by atoms with E-state index in [0.29, 0.717) is 22.8 Å². The van der Waals surface area contributed by atoms with Gasteiger partial charge in [-0.3, -0.25) is 0 Å². The number of nitrogens with one attached hydrogen (secondary N) is 1. The molecule has 3 N–H and O–H groups in total. The van der Waals surface area contributed by atoms with Crippen molar-refractivity contribution >= 4 is 21.7 Å². The van der Waals surface area contributed by atoms with Crippen LogP contribution in [0, 0.1) is 0 Å². The Labute approximate surface area is 180 Å². The van der Waals surface area contributed by atoms with Crippen molar-refractivity contribution in [3.8, 4) is 28.3 Å². The zero-order valence-electron chi connectivity index (χ0n) is 16.7. The molecule has 0 amide bonds. The van der Waals surface area contributed by atoms with Crippen LogP contribution in [0.3, 0.4) is 0 Å². The fourth-order valence-electron chi connectivity index (χ4n) is 2.99. The summed E-state index contributed by atoms with van der Waals surface area (Å²) >= 11 is 0. The number of benzene rings is 3. The number of nitrogens with zero attached hydrogens (tertiary/aromatic N) is 2. The monoisotopic (exact) mass is 432 g/mol. The lowest BCUT2D eigenvalue weighted by Crippen LogP contribution is -2.15. The number of anilines is 2. The lowest BCUT2D eigenvalue weighted by Gasteiger charge is -2.11. The fourth-order valence-corrected chi connectivity index (χ4v) is 3.93. The Hall–Kier alpha value is -3.91. The molecule has 0 atom stereocenters. The Bertz CT molecular complexity index is 1290. The van der Waals surface area contributed by atoms with E-state index < -0.39 is 10.0 Å². The third-order valence-electron chi connectivity index (χ3n) is 4.60. The number of ether oxygens (including phenoxy) is 1. The van der Waals surface area contributed by atoms with Gasteiger partial charge in [0.2, 0.25) is 5.95 Å². The average Bonchev–Trinajstić information content (AvgIpc) is 2.79. The molecule has 7 nitrogen and oxygen atoms in total. The van der Waals surface area contributed by atoms with E-state index in [1.165, 1.54) is 24.3 Å². The summed E-state index contributed by atoms with van der Waals surface area (Å²) in [7, 11) is -2.29. The highest BCUT2D eigenvalue weighted by atomic mass is 32.2. The van der Waals surface area contributed by atoms with Gasteiger partial charge in [-0.15, -0.1) is 0 Å². The predicted molar refractivity (Wildman–Crippen MR) is 121 cm³/mol. The molecule has 31 heavy (non-hydrogen) atoms. The summed E-state index contributed by atoms with van der Waals surface area (Å²) in [5.41, 5.74) is 8.95. The Morgan fingerprint density at radius 3 is 1.97 bits per heavy atom. The maximum atomic E-state index is 12.8. The number of nitrogens with two attached hydrogens (primary N) is 1.